The van der Waals surface area contributed by atoms with Crippen LogP contribution in [-0.2, 0) is 0 Å². The molecule has 1 aliphatic carbocycles. The van der Waals surface area contributed by atoms with E-state index in [1.807, 2.05) is 0 Å². The smallest absolute Gasteiger partial charge is 0.00390 e. The molecule has 0 saturated heterocycles. The van der Waals surface area contributed by atoms with E-state index in [0.29, 0.717) is 6.04 Å². The fourth-order valence-corrected chi connectivity index (χ4v) is 2.76. The van der Waals surface area contributed by atoms with Gasteiger partial charge in [-0.15, -0.1) is 0 Å². The molecular weight excluding hydrogens is 158 g/mol. The van der Waals surface area contributed by atoms with Crippen molar-refractivity contribution in [2.24, 2.45) is 17.6 Å². The first kappa shape index (κ1) is 11.0. The standard InChI is InChI=1S/C12H25N/c1-3-5-10(4-2)11-6-8-12(13)9-7-11/h10-12H,3-9,13H2,1-2H3. The summed E-state index contributed by atoms with van der Waals surface area (Å²) in [7, 11) is 0. The maximum Gasteiger partial charge on any atom is 0.00390 e. The van der Waals surface area contributed by atoms with Gasteiger partial charge in [0.15, 0.2) is 0 Å². The Morgan fingerprint density at radius 1 is 1.15 bits per heavy atom. The molecule has 0 spiro atoms. The maximum atomic E-state index is 5.91. The van der Waals surface area contributed by atoms with E-state index in [1.54, 1.807) is 0 Å². The summed E-state index contributed by atoms with van der Waals surface area (Å²) in [4.78, 5) is 0. The second-order valence-electron chi connectivity index (χ2n) is 4.63. The van der Waals surface area contributed by atoms with E-state index in [1.165, 1.54) is 44.9 Å². The summed E-state index contributed by atoms with van der Waals surface area (Å²) in [5.41, 5.74) is 5.91. The first-order valence-corrected chi connectivity index (χ1v) is 6.03. The Hall–Kier alpha value is -0.0400. The second kappa shape index (κ2) is 5.64. The highest BCUT2D eigenvalue weighted by molar-refractivity contribution is 4.78. The van der Waals surface area contributed by atoms with Crippen LogP contribution in [0.15, 0.2) is 0 Å². The van der Waals surface area contributed by atoms with Crippen LogP contribution < -0.4 is 5.73 Å². The zero-order valence-corrected chi connectivity index (χ0v) is 9.26. The summed E-state index contributed by atoms with van der Waals surface area (Å²) in [5, 5.41) is 0. The fourth-order valence-electron chi connectivity index (χ4n) is 2.76. The molecule has 0 bridgehead atoms. The normalized spacial score (nSPS) is 31.6. The first-order valence-electron chi connectivity index (χ1n) is 6.03. The lowest BCUT2D eigenvalue weighted by Gasteiger charge is -2.32. The Labute approximate surface area is 83.1 Å². The monoisotopic (exact) mass is 183 g/mol. The van der Waals surface area contributed by atoms with Gasteiger partial charge in [0.25, 0.3) is 0 Å². The van der Waals surface area contributed by atoms with E-state index >= 15 is 0 Å². The van der Waals surface area contributed by atoms with Crippen molar-refractivity contribution in [3.63, 3.8) is 0 Å². The molecule has 1 fully saturated rings. The van der Waals surface area contributed by atoms with E-state index in [4.69, 9.17) is 5.73 Å². The lowest BCUT2D eigenvalue weighted by atomic mass is 9.76. The van der Waals surface area contributed by atoms with Gasteiger partial charge in [-0.25, -0.2) is 0 Å². The fraction of sp³-hybridized carbons (Fsp3) is 1.00. The zero-order chi connectivity index (χ0) is 9.68. The van der Waals surface area contributed by atoms with Gasteiger partial charge in [0.1, 0.15) is 0 Å². The topological polar surface area (TPSA) is 26.0 Å². The van der Waals surface area contributed by atoms with Crippen LogP contribution in [0.25, 0.3) is 0 Å². The van der Waals surface area contributed by atoms with Crippen molar-refractivity contribution < 1.29 is 0 Å². The predicted molar refractivity (Wildman–Crippen MR) is 58.6 cm³/mol. The van der Waals surface area contributed by atoms with Crippen LogP contribution in [-0.4, -0.2) is 6.04 Å². The van der Waals surface area contributed by atoms with Crippen molar-refractivity contribution in [1.29, 1.82) is 0 Å². The van der Waals surface area contributed by atoms with E-state index < -0.39 is 0 Å². The van der Waals surface area contributed by atoms with Gasteiger partial charge in [-0.1, -0.05) is 33.1 Å². The molecular formula is C12H25N. The summed E-state index contributed by atoms with van der Waals surface area (Å²) in [6.07, 6.45) is 9.46. The summed E-state index contributed by atoms with van der Waals surface area (Å²) >= 11 is 0. The molecule has 0 heterocycles. The van der Waals surface area contributed by atoms with Crippen LogP contribution in [0, 0.1) is 11.8 Å². The van der Waals surface area contributed by atoms with Gasteiger partial charge in [0, 0.05) is 6.04 Å². The van der Waals surface area contributed by atoms with Gasteiger partial charge in [0.2, 0.25) is 0 Å². The number of hydrogen-bond acceptors (Lipinski definition) is 1. The molecule has 1 nitrogen and oxygen atoms in total. The van der Waals surface area contributed by atoms with Crippen molar-refractivity contribution in [3.8, 4) is 0 Å². The van der Waals surface area contributed by atoms with Gasteiger partial charge >= 0.3 is 0 Å². The highest BCUT2D eigenvalue weighted by Crippen LogP contribution is 2.33. The van der Waals surface area contributed by atoms with Gasteiger partial charge in [-0.05, 0) is 37.5 Å². The molecule has 1 saturated carbocycles. The van der Waals surface area contributed by atoms with Gasteiger partial charge in [-0.3, -0.25) is 0 Å². The molecule has 0 radical (unpaired) electrons. The third kappa shape index (κ3) is 3.30. The molecule has 1 aliphatic rings. The number of nitrogens with two attached hydrogens (primary N) is 1. The van der Waals surface area contributed by atoms with Crippen molar-refractivity contribution in [2.75, 3.05) is 0 Å². The van der Waals surface area contributed by atoms with Gasteiger partial charge < -0.3 is 5.73 Å². The van der Waals surface area contributed by atoms with Crippen molar-refractivity contribution in [3.05, 3.63) is 0 Å². The molecule has 13 heavy (non-hydrogen) atoms. The summed E-state index contributed by atoms with van der Waals surface area (Å²) in [6, 6.07) is 0.510. The predicted octanol–water partition coefficient (Wildman–Crippen LogP) is 3.33. The summed E-state index contributed by atoms with van der Waals surface area (Å²) < 4.78 is 0. The lowest BCUT2D eigenvalue weighted by Crippen LogP contribution is -2.29. The van der Waals surface area contributed by atoms with Crippen molar-refractivity contribution in [1.82, 2.24) is 0 Å². The highest BCUT2D eigenvalue weighted by atomic mass is 14.6. The van der Waals surface area contributed by atoms with Gasteiger partial charge in [0.05, 0.1) is 0 Å². The molecule has 1 rings (SSSR count). The number of rotatable bonds is 4. The van der Waals surface area contributed by atoms with Crippen LogP contribution in [0.3, 0.4) is 0 Å². The van der Waals surface area contributed by atoms with Crippen LogP contribution >= 0.6 is 0 Å². The molecule has 1 atom stereocenters. The molecule has 0 aliphatic heterocycles. The van der Waals surface area contributed by atoms with Gasteiger partial charge in [-0.2, -0.15) is 0 Å². The van der Waals surface area contributed by atoms with Crippen LogP contribution in [0.1, 0.15) is 58.8 Å². The van der Waals surface area contributed by atoms with Crippen molar-refractivity contribution >= 4 is 0 Å². The SMILES string of the molecule is CCCC(CC)C1CCC(N)CC1. The zero-order valence-electron chi connectivity index (χ0n) is 9.26. The van der Waals surface area contributed by atoms with Crippen LogP contribution in [0.2, 0.25) is 0 Å². The minimum atomic E-state index is 0.510. The Morgan fingerprint density at radius 2 is 1.77 bits per heavy atom. The Kier molecular flexibility index (Phi) is 4.79. The van der Waals surface area contributed by atoms with E-state index in [0.717, 1.165) is 11.8 Å². The minimum absolute atomic E-state index is 0.510. The first-order chi connectivity index (χ1) is 6.27. The third-order valence-electron chi connectivity index (χ3n) is 3.67. The molecule has 78 valence electrons. The average Bonchev–Trinajstić information content (AvgIpc) is 2.16. The van der Waals surface area contributed by atoms with Crippen LogP contribution in [0.4, 0.5) is 0 Å². The second-order valence-corrected chi connectivity index (χ2v) is 4.63. The summed E-state index contributed by atoms with van der Waals surface area (Å²) in [5.74, 6) is 1.97. The maximum absolute atomic E-state index is 5.91. The molecule has 2 N–H and O–H groups in total. The highest BCUT2D eigenvalue weighted by Gasteiger charge is 2.24. The average molecular weight is 183 g/mol. The molecule has 0 aromatic heterocycles. The quantitative estimate of drug-likeness (QED) is 0.711. The molecule has 0 aromatic rings. The van der Waals surface area contributed by atoms with E-state index in [-0.39, 0.29) is 0 Å². The third-order valence-corrected chi connectivity index (χ3v) is 3.67. The largest absolute Gasteiger partial charge is 0.328 e. The minimum Gasteiger partial charge on any atom is -0.328 e. The van der Waals surface area contributed by atoms with Crippen molar-refractivity contribution in [2.45, 2.75) is 64.8 Å². The molecule has 1 unspecified atom stereocenters. The number of hydrogen-bond donors (Lipinski definition) is 1. The summed E-state index contributed by atoms with van der Waals surface area (Å²) in [6.45, 7) is 4.64. The Bertz CT molecular complexity index is 125. The Balaban J connectivity index is 2.32. The molecule has 0 aromatic carbocycles. The van der Waals surface area contributed by atoms with E-state index in [9.17, 15) is 0 Å². The lowest BCUT2D eigenvalue weighted by molar-refractivity contribution is 0.216. The van der Waals surface area contributed by atoms with E-state index in [2.05, 4.69) is 13.8 Å². The molecule has 1 heteroatoms. The Morgan fingerprint density at radius 3 is 2.23 bits per heavy atom. The molecule has 0 amide bonds. The van der Waals surface area contributed by atoms with Crippen LogP contribution in [0.5, 0.6) is 0 Å².